The van der Waals surface area contributed by atoms with Crippen LogP contribution in [0.3, 0.4) is 0 Å². The number of hydrogen-bond acceptors (Lipinski definition) is 4. The van der Waals surface area contributed by atoms with Crippen LogP contribution in [-0.2, 0) is 12.8 Å². The molecule has 0 heterocycles. The molecule has 0 N–H and O–H groups in total. The van der Waals surface area contributed by atoms with Crippen molar-refractivity contribution in [1.82, 2.24) is 0 Å². The summed E-state index contributed by atoms with van der Waals surface area (Å²) in [5, 5.41) is 1.11. The van der Waals surface area contributed by atoms with Gasteiger partial charge >= 0.3 is 11.9 Å². The average molecular weight is 636 g/mol. The Morgan fingerprint density at radius 2 is 0.857 bits per heavy atom. The number of rotatable bonds is 20. The lowest BCUT2D eigenvalue weighted by Crippen LogP contribution is -2.09. The molecule has 226 valence electrons. The molecule has 0 saturated heterocycles. The van der Waals surface area contributed by atoms with Crippen molar-refractivity contribution in [2.24, 2.45) is 0 Å². The second kappa shape index (κ2) is 20.1. The number of aryl methyl sites for hydroxylation is 2. The van der Waals surface area contributed by atoms with Crippen LogP contribution in [0.2, 0.25) is 0 Å². The second-order valence-electron chi connectivity index (χ2n) is 11.1. The summed E-state index contributed by atoms with van der Waals surface area (Å²) in [4.78, 5) is 25.2. The normalized spacial score (nSPS) is 10.9. The lowest BCUT2D eigenvalue weighted by atomic mass is 10.0. The average Bonchev–Trinajstić information content (AvgIpc) is 3.01. The highest BCUT2D eigenvalue weighted by molar-refractivity contribution is 9.09. The Labute approximate surface area is 261 Å². The molecule has 0 radical (unpaired) electrons. The smallest absolute Gasteiger partial charge is 0.343 e. The van der Waals surface area contributed by atoms with E-state index in [0.717, 1.165) is 18.2 Å². The van der Waals surface area contributed by atoms with E-state index in [9.17, 15) is 9.59 Å². The molecule has 0 atom stereocenters. The van der Waals surface area contributed by atoms with Gasteiger partial charge in [-0.15, -0.1) is 0 Å². The number of carbonyl (C=O) groups is 2. The van der Waals surface area contributed by atoms with Crippen molar-refractivity contribution in [2.75, 3.05) is 5.33 Å². The van der Waals surface area contributed by atoms with Crippen LogP contribution >= 0.6 is 15.9 Å². The molecule has 3 aromatic carbocycles. The number of halogens is 1. The summed E-state index contributed by atoms with van der Waals surface area (Å²) in [5.74, 6) is -0.00891. The minimum absolute atomic E-state index is 0.402. The van der Waals surface area contributed by atoms with Gasteiger partial charge in [-0.3, -0.25) is 0 Å². The van der Waals surface area contributed by atoms with E-state index in [1.807, 2.05) is 48.5 Å². The third-order valence-corrected chi connectivity index (χ3v) is 8.10. The fraction of sp³-hybridized carbons (Fsp3) is 0.459. The van der Waals surface area contributed by atoms with Crippen LogP contribution < -0.4 is 9.47 Å². The van der Waals surface area contributed by atoms with E-state index in [1.165, 1.54) is 94.6 Å². The summed E-state index contributed by atoms with van der Waals surface area (Å²) in [7, 11) is 0. The zero-order chi connectivity index (χ0) is 29.8. The van der Waals surface area contributed by atoms with Gasteiger partial charge in [0.2, 0.25) is 0 Å². The highest BCUT2D eigenvalue weighted by Gasteiger charge is 2.11. The Balaban J connectivity index is 1.37. The number of benzene rings is 3. The largest absolute Gasteiger partial charge is 0.423 e. The molecule has 0 spiro atoms. The van der Waals surface area contributed by atoms with Gasteiger partial charge in [0.05, 0.1) is 11.1 Å². The molecule has 0 aliphatic carbocycles. The second-order valence-corrected chi connectivity index (χ2v) is 11.9. The van der Waals surface area contributed by atoms with Crippen molar-refractivity contribution < 1.29 is 19.1 Å². The number of alkyl halides is 1. The minimum Gasteiger partial charge on any atom is -0.423 e. The summed E-state index contributed by atoms with van der Waals surface area (Å²) in [6.45, 7) is 2.23. The van der Waals surface area contributed by atoms with Crippen molar-refractivity contribution in [1.29, 1.82) is 0 Å². The van der Waals surface area contributed by atoms with Crippen molar-refractivity contribution in [3.8, 4) is 11.5 Å². The highest BCUT2D eigenvalue weighted by Crippen LogP contribution is 2.21. The van der Waals surface area contributed by atoms with Gasteiger partial charge in [-0.2, -0.15) is 0 Å². The maximum atomic E-state index is 12.6. The summed E-state index contributed by atoms with van der Waals surface area (Å²) in [5.41, 5.74) is 3.51. The van der Waals surface area contributed by atoms with E-state index >= 15 is 0 Å². The van der Waals surface area contributed by atoms with Gasteiger partial charge in [0.1, 0.15) is 11.5 Å². The van der Waals surface area contributed by atoms with E-state index in [-0.39, 0.29) is 0 Å². The van der Waals surface area contributed by atoms with Crippen molar-refractivity contribution >= 4 is 27.9 Å². The SMILES string of the molecule is CCCCCCCCc1ccc(C(=O)Oc2ccc(OC(=O)c3ccc(CCCCCCCCCBr)cc3)cc2)cc1. The van der Waals surface area contributed by atoms with Crippen LogP contribution in [0.1, 0.15) is 122 Å². The molecule has 42 heavy (non-hydrogen) atoms. The molecule has 0 aliphatic rings. The van der Waals surface area contributed by atoms with Gasteiger partial charge in [-0.1, -0.05) is 111 Å². The first-order valence-corrected chi connectivity index (χ1v) is 17.0. The number of hydrogen-bond donors (Lipinski definition) is 0. The molecule has 0 fully saturated rings. The molecule has 0 aliphatic heterocycles. The molecule has 0 saturated carbocycles. The van der Waals surface area contributed by atoms with Gasteiger partial charge in [-0.25, -0.2) is 9.59 Å². The standard InChI is InChI=1S/C37H47BrO4/c1-2-3-4-5-9-12-15-30-17-21-32(22-18-30)36(39)41-34-25-27-35(28-26-34)42-37(40)33-23-19-31(20-24-33)16-13-10-7-6-8-11-14-29-38/h17-28H,2-16,29H2,1H3. The van der Waals surface area contributed by atoms with Crippen LogP contribution in [0.15, 0.2) is 72.8 Å². The Kier molecular flexibility index (Phi) is 16.0. The topological polar surface area (TPSA) is 52.6 Å². The molecule has 4 nitrogen and oxygen atoms in total. The van der Waals surface area contributed by atoms with Crippen molar-refractivity contribution in [3.63, 3.8) is 0 Å². The van der Waals surface area contributed by atoms with Gasteiger partial charge in [-0.05, 0) is 91.8 Å². The van der Waals surface area contributed by atoms with Crippen molar-refractivity contribution in [2.45, 2.75) is 103 Å². The Bertz CT molecular complexity index is 1170. The molecule has 3 rings (SSSR count). The van der Waals surface area contributed by atoms with Crippen LogP contribution in [-0.4, -0.2) is 17.3 Å². The molecule has 0 aromatic heterocycles. The zero-order valence-electron chi connectivity index (χ0n) is 25.3. The molecular weight excluding hydrogens is 588 g/mol. The van der Waals surface area contributed by atoms with Gasteiger partial charge in [0.25, 0.3) is 0 Å². The minimum atomic E-state index is -0.407. The maximum Gasteiger partial charge on any atom is 0.343 e. The summed E-state index contributed by atoms with van der Waals surface area (Å²) in [6, 6.07) is 21.9. The quantitative estimate of drug-likeness (QED) is 0.0537. The lowest BCUT2D eigenvalue weighted by Gasteiger charge is -2.08. The maximum absolute atomic E-state index is 12.6. The van der Waals surface area contributed by atoms with E-state index in [4.69, 9.17) is 9.47 Å². The van der Waals surface area contributed by atoms with E-state index in [1.54, 1.807) is 24.3 Å². The number of ether oxygens (including phenoxy) is 2. The van der Waals surface area contributed by atoms with E-state index in [0.29, 0.717) is 22.6 Å². The fourth-order valence-electron chi connectivity index (χ4n) is 4.94. The molecule has 0 unspecified atom stereocenters. The Hall–Kier alpha value is -2.92. The molecule has 0 amide bonds. The monoisotopic (exact) mass is 634 g/mol. The van der Waals surface area contributed by atoms with Gasteiger partial charge in [0.15, 0.2) is 0 Å². The van der Waals surface area contributed by atoms with Gasteiger partial charge in [0, 0.05) is 5.33 Å². The summed E-state index contributed by atoms with van der Waals surface area (Å²) >= 11 is 3.48. The first kappa shape index (κ1) is 33.6. The fourth-order valence-corrected chi connectivity index (χ4v) is 5.34. The summed E-state index contributed by atoms with van der Waals surface area (Å²) in [6.07, 6.45) is 18.6. The number of esters is 2. The number of carbonyl (C=O) groups excluding carboxylic acids is 2. The predicted molar refractivity (Wildman–Crippen MR) is 176 cm³/mol. The number of unbranched alkanes of at least 4 members (excludes halogenated alkanes) is 11. The summed E-state index contributed by atoms with van der Waals surface area (Å²) < 4.78 is 11.1. The third-order valence-electron chi connectivity index (χ3n) is 7.54. The lowest BCUT2D eigenvalue weighted by molar-refractivity contribution is 0.0719. The van der Waals surface area contributed by atoms with Crippen molar-refractivity contribution in [3.05, 3.63) is 95.1 Å². The Morgan fingerprint density at radius 1 is 0.500 bits per heavy atom. The van der Waals surface area contributed by atoms with Gasteiger partial charge < -0.3 is 9.47 Å². The highest BCUT2D eigenvalue weighted by atomic mass is 79.9. The third kappa shape index (κ3) is 12.9. The van der Waals surface area contributed by atoms with Crippen LogP contribution in [0, 0.1) is 0 Å². The molecule has 3 aromatic rings. The molecule has 0 bridgehead atoms. The first-order chi connectivity index (χ1) is 20.6. The van der Waals surface area contributed by atoms with Crippen LogP contribution in [0.4, 0.5) is 0 Å². The Morgan fingerprint density at radius 3 is 1.24 bits per heavy atom. The molecular formula is C37H47BrO4. The van der Waals surface area contributed by atoms with E-state index < -0.39 is 11.9 Å². The van der Waals surface area contributed by atoms with E-state index in [2.05, 4.69) is 22.9 Å². The zero-order valence-corrected chi connectivity index (χ0v) is 26.8. The molecule has 5 heteroatoms. The van der Waals surface area contributed by atoms with Crippen LogP contribution in [0.25, 0.3) is 0 Å². The predicted octanol–water partition coefficient (Wildman–Crippen LogP) is 10.7. The first-order valence-electron chi connectivity index (χ1n) is 15.9. The van der Waals surface area contributed by atoms with Crippen LogP contribution in [0.5, 0.6) is 11.5 Å².